The van der Waals surface area contributed by atoms with Gasteiger partial charge in [0.1, 0.15) is 6.67 Å². The van der Waals surface area contributed by atoms with Crippen LogP contribution in [-0.4, -0.2) is 6.67 Å². The maximum atomic E-state index is 4.09. The standard InChI is InChI=1S/C9H9N2/c1-2-4-9(5-3-1)11-7-6-10-8-11/h1-7H,8H2. The van der Waals surface area contributed by atoms with Crippen LogP contribution >= 0.6 is 0 Å². The number of rotatable bonds is 1. The lowest BCUT2D eigenvalue weighted by Gasteiger charge is -2.12. The molecule has 0 N–H and O–H groups in total. The summed E-state index contributed by atoms with van der Waals surface area (Å²) in [5, 5.41) is 4.09. The minimum absolute atomic E-state index is 0.754. The van der Waals surface area contributed by atoms with Gasteiger partial charge in [-0.25, -0.2) is 0 Å². The highest BCUT2D eigenvalue weighted by molar-refractivity contribution is 5.49. The molecule has 0 aliphatic carbocycles. The Morgan fingerprint density at radius 1 is 1.18 bits per heavy atom. The quantitative estimate of drug-likeness (QED) is 0.586. The molecular formula is C9H9N2. The van der Waals surface area contributed by atoms with Gasteiger partial charge in [0.2, 0.25) is 0 Å². The Morgan fingerprint density at radius 3 is 2.64 bits per heavy atom. The van der Waals surface area contributed by atoms with Crippen molar-refractivity contribution in [3.8, 4) is 0 Å². The molecule has 1 heterocycles. The van der Waals surface area contributed by atoms with E-state index in [2.05, 4.69) is 22.3 Å². The van der Waals surface area contributed by atoms with Crippen molar-refractivity contribution in [2.45, 2.75) is 0 Å². The second kappa shape index (κ2) is 2.66. The zero-order valence-corrected chi connectivity index (χ0v) is 6.14. The number of benzene rings is 1. The van der Waals surface area contributed by atoms with E-state index in [1.807, 2.05) is 30.6 Å². The van der Waals surface area contributed by atoms with Crippen LogP contribution in [0, 0.1) is 0 Å². The first-order valence-corrected chi connectivity index (χ1v) is 3.62. The van der Waals surface area contributed by atoms with Gasteiger partial charge in [-0.2, -0.15) is 0 Å². The molecule has 0 saturated heterocycles. The largest absolute Gasteiger partial charge is 0.326 e. The minimum Gasteiger partial charge on any atom is -0.326 e. The number of nitrogens with zero attached hydrogens (tertiary/aromatic N) is 2. The summed E-state index contributed by atoms with van der Waals surface area (Å²) >= 11 is 0. The van der Waals surface area contributed by atoms with Gasteiger partial charge in [0.05, 0.1) is 0 Å². The van der Waals surface area contributed by atoms with Crippen molar-refractivity contribution in [3.05, 3.63) is 42.7 Å². The Balaban J connectivity index is 2.23. The Hall–Kier alpha value is -1.44. The van der Waals surface area contributed by atoms with Crippen molar-refractivity contribution in [2.24, 2.45) is 0 Å². The second-order valence-electron chi connectivity index (χ2n) is 2.43. The fourth-order valence-corrected chi connectivity index (χ4v) is 1.10. The third-order valence-electron chi connectivity index (χ3n) is 1.67. The van der Waals surface area contributed by atoms with Gasteiger partial charge in [0.25, 0.3) is 0 Å². The van der Waals surface area contributed by atoms with Gasteiger partial charge < -0.3 is 4.90 Å². The first-order chi connectivity index (χ1) is 5.47. The summed E-state index contributed by atoms with van der Waals surface area (Å²) in [5.41, 5.74) is 1.20. The molecule has 0 aromatic heterocycles. The molecule has 2 rings (SSSR count). The monoisotopic (exact) mass is 145 g/mol. The van der Waals surface area contributed by atoms with Crippen molar-refractivity contribution < 1.29 is 0 Å². The molecule has 1 radical (unpaired) electrons. The van der Waals surface area contributed by atoms with Crippen molar-refractivity contribution in [3.63, 3.8) is 0 Å². The van der Waals surface area contributed by atoms with E-state index >= 15 is 0 Å². The van der Waals surface area contributed by atoms with Crippen molar-refractivity contribution in [2.75, 3.05) is 11.6 Å². The second-order valence-corrected chi connectivity index (χ2v) is 2.43. The summed E-state index contributed by atoms with van der Waals surface area (Å²) in [4.78, 5) is 2.10. The highest BCUT2D eigenvalue weighted by Crippen LogP contribution is 2.14. The minimum atomic E-state index is 0.754. The highest BCUT2D eigenvalue weighted by atomic mass is 15.2. The summed E-state index contributed by atoms with van der Waals surface area (Å²) in [6, 6.07) is 10.2. The lowest BCUT2D eigenvalue weighted by Crippen LogP contribution is -2.15. The fraction of sp³-hybridized carbons (Fsp3) is 0.111. The van der Waals surface area contributed by atoms with Crippen LogP contribution in [-0.2, 0) is 0 Å². The molecule has 0 spiro atoms. The molecule has 55 valence electrons. The number of anilines is 1. The van der Waals surface area contributed by atoms with E-state index in [0.717, 1.165) is 6.67 Å². The molecular weight excluding hydrogens is 136 g/mol. The summed E-state index contributed by atoms with van der Waals surface area (Å²) in [7, 11) is 0. The molecule has 2 heteroatoms. The Labute approximate surface area is 66.1 Å². The number of hydrogen-bond donors (Lipinski definition) is 0. The highest BCUT2D eigenvalue weighted by Gasteiger charge is 2.04. The van der Waals surface area contributed by atoms with Crippen LogP contribution in [0.1, 0.15) is 0 Å². The van der Waals surface area contributed by atoms with Crippen LogP contribution < -0.4 is 10.2 Å². The van der Waals surface area contributed by atoms with Gasteiger partial charge >= 0.3 is 0 Å². The molecule has 2 nitrogen and oxygen atoms in total. The first-order valence-electron chi connectivity index (χ1n) is 3.62. The van der Waals surface area contributed by atoms with E-state index in [0.29, 0.717) is 0 Å². The zero-order valence-electron chi connectivity index (χ0n) is 6.14. The smallest absolute Gasteiger partial charge is 0.114 e. The van der Waals surface area contributed by atoms with E-state index in [-0.39, 0.29) is 0 Å². The predicted octanol–water partition coefficient (Wildman–Crippen LogP) is 1.54. The number of hydrogen-bond acceptors (Lipinski definition) is 1. The Morgan fingerprint density at radius 2 is 2.00 bits per heavy atom. The molecule has 1 aromatic rings. The van der Waals surface area contributed by atoms with E-state index in [9.17, 15) is 0 Å². The molecule has 0 saturated carbocycles. The zero-order chi connectivity index (χ0) is 7.52. The topological polar surface area (TPSA) is 17.3 Å². The van der Waals surface area contributed by atoms with Crippen LogP contribution in [0.2, 0.25) is 0 Å². The average Bonchev–Trinajstić information content (AvgIpc) is 2.58. The Kier molecular flexibility index (Phi) is 1.52. The summed E-state index contributed by atoms with van der Waals surface area (Å²) in [6.07, 6.45) is 3.81. The van der Waals surface area contributed by atoms with Crippen molar-refractivity contribution in [1.82, 2.24) is 5.32 Å². The van der Waals surface area contributed by atoms with Crippen molar-refractivity contribution >= 4 is 5.69 Å². The van der Waals surface area contributed by atoms with E-state index in [1.165, 1.54) is 5.69 Å². The summed E-state index contributed by atoms with van der Waals surface area (Å²) < 4.78 is 0. The molecule has 1 aromatic carbocycles. The van der Waals surface area contributed by atoms with Crippen LogP contribution in [0.5, 0.6) is 0 Å². The van der Waals surface area contributed by atoms with Crippen LogP contribution in [0.4, 0.5) is 5.69 Å². The SMILES string of the molecule is C1=CN(c2ccccc2)C[N]1. The van der Waals surface area contributed by atoms with Gasteiger partial charge in [-0.1, -0.05) is 18.2 Å². The molecule has 0 bridgehead atoms. The number of para-hydroxylation sites is 1. The maximum absolute atomic E-state index is 4.09. The molecule has 11 heavy (non-hydrogen) atoms. The fourth-order valence-electron chi connectivity index (χ4n) is 1.10. The normalized spacial score (nSPS) is 15.1. The third kappa shape index (κ3) is 1.19. The van der Waals surface area contributed by atoms with Crippen LogP contribution in [0.25, 0.3) is 0 Å². The van der Waals surface area contributed by atoms with E-state index in [4.69, 9.17) is 0 Å². The molecule has 0 atom stereocenters. The summed E-state index contributed by atoms with van der Waals surface area (Å²) in [6.45, 7) is 0.754. The maximum Gasteiger partial charge on any atom is 0.114 e. The van der Waals surface area contributed by atoms with E-state index < -0.39 is 0 Å². The van der Waals surface area contributed by atoms with Gasteiger partial charge in [-0.3, -0.25) is 5.32 Å². The van der Waals surface area contributed by atoms with Gasteiger partial charge in [0, 0.05) is 18.1 Å². The van der Waals surface area contributed by atoms with Gasteiger partial charge in [0.15, 0.2) is 0 Å². The van der Waals surface area contributed by atoms with Crippen LogP contribution in [0.3, 0.4) is 0 Å². The lowest BCUT2D eigenvalue weighted by atomic mass is 10.3. The van der Waals surface area contributed by atoms with Crippen LogP contribution in [0.15, 0.2) is 42.7 Å². The third-order valence-corrected chi connectivity index (χ3v) is 1.67. The molecule has 1 aliphatic rings. The van der Waals surface area contributed by atoms with E-state index in [1.54, 1.807) is 0 Å². The molecule has 0 unspecified atom stereocenters. The Bertz CT molecular complexity index is 254. The van der Waals surface area contributed by atoms with Gasteiger partial charge in [-0.05, 0) is 12.1 Å². The van der Waals surface area contributed by atoms with Gasteiger partial charge in [-0.15, -0.1) is 0 Å². The average molecular weight is 145 g/mol. The molecule has 0 amide bonds. The summed E-state index contributed by atoms with van der Waals surface area (Å²) in [5.74, 6) is 0. The first kappa shape index (κ1) is 6.28. The van der Waals surface area contributed by atoms with Crippen molar-refractivity contribution in [1.29, 1.82) is 0 Å². The lowest BCUT2D eigenvalue weighted by molar-refractivity contribution is 0.886. The molecule has 0 fully saturated rings. The predicted molar refractivity (Wildman–Crippen MR) is 45.1 cm³/mol. The molecule has 1 aliphatic heterocycles.